The molecule has 0 saturated carbocycles. The number of carbonyl (C=O) groups is 2. The molecule has 0 bridgehead atoms. The molecule has 1 aromatic carbocycles. The molecule has 21 heavy (non-hydrogen) atoms. The average Bonchev–Trinajstić information content (AvgIpc) is 2.42. The monoisotopic (exact) mass is 310 g/mol. The van der Waals surface area contributed by atoms with E-state index in [1.165, 1.54) is 13.8 Å². The lowest BCUT2D eigenvalue weighted by Crippen LogP contribution is -2.45. The molecule has 3 atom stereocenters. The molecular formula is C15H18O5S. The topological polar surface area (TPSA) is 61.8 Å². The molecule has 0 spiro atoms. The third-order valence-electron chi connectivity index (χ3n) is 2.93. The molecule has 2 rings (SSSR count). The van der Waals surface area contributed by atoms with Gasteiger partial charge >= 0.3 is 11.9 Å². The number of hydrogen-bond donors (Lipinski definition) is 0. The molecule has 5 nitrogen and oxygen atoms in total. The first-order valence-corrected chi connectivity index (χ1v) is 7.60. The first-order valence-electron chi connectivity index (χ1n) is 6.72. The van der Waals surface area contributed by atoms with Crippen molar-refractivity contribution in [1.82, 2.24) is 0 Å². The zero-order chi connectivity index (χ0) is 15.2. The molecule has 1 saturated heterocycles. The predicted molar refractivity (Wildman–Crippen MR) is 77.8 cm³/mol. The van der Waals surface area contributed by atoms with E-state index in [9.17, 15) is 9.59 Å². The fourth-order valence-corrected chi connectivity index (χ4v) is 3.16. The first-order chi connectivity index (χ1) is 10.0. The van der Waals surface area contributed by atoms with Crippen molar-refractivity contribution >= 4 is 23.7 Å². The van der Waals surface area contributed by atoms with E-state index in [0.717, 1.165) is 4.90 Å². The lowest BCUT2D eigenvalue weighted by Gasteiger charge is -2.34. The minimum Gasteiger partial charge on any atom is -0.458 e. The van der Waals surface area contributed by atoms with Crippen LogP contribution in [0.15, 0.2) is 35.2 Å². The minimum atomic E-state index is -0.543. The Bertz CT molecular complexity index is 490. The van der Waals surface area contributed by atoms with Crippen molar-refractivity contribution in [3.8, 4) is 0 Å². The molecule has 6 heteroatoms. The molecule has 1 aliphatic heterocycles. The van der Waals surface area contributed by atoms with E-state index >= 15 is 0 Å². The van der Waals surface area contributed by atoms with Crippen molar-refractivity contribution in [2.75, 3.05) is 6.61 Å². The van der Waals surface area contributed by atoms with Crippen LogP contribution < -0.4 is 0 Å². The summed E-state index contributed by atoms with van der Waals surface area (Å²) in [6.45, 7) is 2.90. The summed E-state index contributed by atoms with van der Waals surface area (Å²) in [5.41, 5.74) is -0.136. The standard InChI is InChI=1S/C15H18O5S/c1-10(16)19-13-8-15(18-9-14(13)20-11(2)17)21-12-6-4-3-5-7-12/h3-7,13-15H,8-9H2,1-2H3/t13-,14+,15?/m1/s1. The van der Waals surface area contributed by atoms with Gasteiger partial charge in [0.1, 0.15) is 11.5 Å². The number of rotatable bonds is 4. The van der Waals surface area contributed by atoms with Gasteiger partial charge in [-0.15, -0.1) is 0 Å². The first kappa shape index (κ1) is 15.9. The summed E-state index contributed by atoms with van der Waals surface area (Å²) in [5.74, 6) is -0.794. The predicted octanol–water partition coefficient (Wildman–Crippen LogP) is 2.39. The SMILES string of the molecule is CC(=O)O[C@H]1COC(Sc2ccccc2)C[C@H]1OC(C)=O. The Morgan fingerprint density at radius 1 is 1.10 bits per heavy atom. The van der Waals surface area contributed by atoms with Crippen LogP contribution in [0.25, 0.3) is 0 Å². The summed E-state index contributed by atoms with van der Waals surface area (Å²) in [7, 11) is 0. The number of ether oxygens (including phenoxy) is 3. The van der Waals surface area contributed by atoms with Gasteiger partial charge < -0.3 is 14.2 Å². The molecule has 1 fully saturated rings. The van der Waals surface area contributed by atoms with Gasteiger partial charge in [0.2, 0.25) is 0 Å². The van der Waals surface area contributed by atoms with E-state index in [1.807, 2.05) is 30.3 Å². The highest BCUT2D eigenvalue weighted by Gasteiger charge is 2.36. The summed E-state index contributed by atoms with van der Waals surface area (Å²) in [6, 6.07) is 9.84. The molecule has 1 heterocycles. The van der Waals surface area contributed by atoms with E-state index in [-0.39, 0.29) is 18.0 Å². The van der Waals surface area contributed by atoms with E-state index in [1.54, 1.807) is 11.8 Å². The van der Waals surface area contributed by atoms with Gasteiger partial charge in [-0.2, -0.15) is 0 Å². The van der Waals surface area contributed by atoms with Crippen molar-refractivity contribution in [3.63, 3.8) is 0 Å². The fraction of sp³-hybridized carbons (Fsp3) is 0.467. The van der Waals surface area contributed by atoms with Crippen LogP contribution in [-0.2, 0) is 23.8 Å². The second kappa shape index (κ2) is 7.47. The van der Waals surface area contributed by atoms with Crippen molar-refractivity contribution < 1.29 is 23.8 Å². The van der Waals surface area contributed by atoms with Crippen molar-refractivity contribution in [3.05, 3.63) is 30.3 Å². The van der Waals surface area contributed by atoms with Crippen molar-refractivity contribution in [2.45, 2.75) is 42.8 Å². The molecule has 1 aliphatic rings. The fourth-order valence-electron chi connectivity index (χ4n) is 2.11. The average molecular weight is 310 g/mol. The number of esters is 2. The lowest BCUT2D eigenvalue weighted by molar-refractivity contribution is -0.181. The van der Waals surface area contributed by atoms with Gasteiger partial charge in [0, 0.05) is 25.2 Å². The Balaban J connectivity index is 1.98. The Kier molecular flexibility index (Phi) is 5.64. The van der Waals surface area contributed by atoms with Gasteiger partial charge in [-0.05, 0) is 12.1 Å². The highest BCUT2D eigenvalue weighted by atomic mass is 32.2. The summed E-state index contributed by atoms with van der Waals surface area (Å²) in [5, 5.41) is 0. The van der Waals surface area contributed by atoms with Crippen LogP contribution in [0.5, 0.6) is 0 Å². The van der Waals surface area contributed by atoms with Crippen LogP contribution >= 0.6 is 11.8 Å². The third kappa shape index (κ3) is 5.06. The van der Waals surface area contributed by atoms with E-state index in [4.69, 9.17) is 14.2 Å². The number of hydrogen-bond acceptors (Lipinski definition) is 6. The number of benzene rings is 1. The van der Waals surface area contributed by atoms with Gasteiger partial charge in [-0.1, -0.05) is 30.0 Å². The second-order valence-electron chi connectivity index (χ2n) is 4.73. The molecule has 0 amide bonds. The smallest absolute Gasteiger partial charge is 0.303 e. The maximum Gasteiger partial charge on any atom is 0.303 e. The summed E-state index contributed by atoms with van der Waals surface area (Å²) in [6.07, 6.45) is -0.530. The maximum absolute atomic E-state index is 11.2. The van der Waals surface area contributed by atoms with Crippen molar-refractivity contribution in [1.29, 1.82) is 0 Å². The largest absolute Gasteiger partial charge is 0.458 e. The highest BCUT2D eigenvalue weighted by Crippen LogP contribution is 2.32. The summed E-state index contributed by atoms with van der Waals surface area (Å²) >= 11 is 1.56. The van der Waals surface area contributed by atoms with Gasteiger partial charge in [-0.3, -0.25) is 9.59 Å². The molecule has 0 aromatic heterocycles. The van der Waals surface area contributed by atoms with E-state index in [2.05, 4.69) is 0 Å². The van der Waals surface area contributed by atoms with Gasteiger partial charge in [-0.25, -0.2) is 0 Å². The number of thioether (sulfide) groups is 1. The molecule has 114 valence electrons. The Morgan fingerprint density at radius 2 is 1.71 bits per heavy atom. The van der Waals surface area contributed by atoms with Crippen LogP contribution in [-0.4, -0.2) is 36.2 Å². The minimum absolute atomic E-state index is 0.136. The lowest BCUT2D eigenvalue weighted by atomic mass is 10.1. The van der Waals surface area contributed by atoms with E-state index < -0.39 is 18.2 Å². The number of carbonyl (C=O) groups excluding carboxylic acids is 2. The zero-order valence-electron chi connectivity index (χ0n) is 12.0. The Hall–Kier alpha value is -1.53. The zero-order valence-corrected chi connectivity index (χ0v) is 12.8. The van der Waals surface area contributed by atoms with Crippen LogP contribution in [0.1, 0.15) is 20.3 Å². The van der Waals surface area contributed by atoms with Crippen LogP contribution in [0.2, 0.25) is 0 Å². The third-order valence-corrected chi connectivity index (χ3v) is 4.07. The van der Waals surface area contributed by atoms with E-state index in [0.29, 0.717) is 6.42 Å². The molecule has 1 unspecified atom stereocenters. The van der Waals surface area contributed by atoms with Crippen molar-refractivity contribution in [2.24, 2.45) is 0 Å². The molecule has 1 aromatic rings. The van der Waals surface area contributed by atoms with Crippen LogP contribution in [0.4, 0.5) is 0 Å². The quantitative estimate of drug-likeness (QED) is 0.796. The maximum atomic E-state index is 11.2. The second-order valence-corrected chi connectivity index (χ2v) is 5.96. The molecule has 0 radical (unpaired) electrons. The van der Waals surface area contributed by atoms with Crippen LogP contribution in [0, 0.1) is 0 Å². The van der Waals surface area contributed by atoms with Gasteiger partial charge in [0.25, 0.3) is 0 Å². The van der Waals surface area contributed by atoms with Gasteiger partial charge in [0.05, 0.1) is 6.61 Å². The summed E-state index contributed by atoms with van der Waals surface area (Å²) in [4.78, 5) is 23.4. The Morgan fingerprint density at radius 3 is 2.33 bits per heavy atom. The normalized spacial score (nSPS) is 25.1. The molecule has 0 N–H and O–H groups in total. The highest BCUT2D eigenvalue weighted by molar-refractivity contribution is 7.99. The molecule has 0 aliphatic carbocycles. The van der Waals surface area contributed by atoms with Crippen LogP contribution in [0.3, 0.4) is 0 Å². The summed E-state index contributed by atoms with van der Waals surface area (Å²) < 4.78 is 16.1. The molecular weight excluding hydrogens is 292 g/mol. The Labute approximate surface area is 127 Å². The van der Waals surface area contributed by atoms with Gasteiger partial charge in [0.15, 0.2) is 6.10 Å².